The van der Waals surface area contributed by atoms with Gasteiger partial charge in [-0.25, -0.2) is 0 Å². The number of thiol groups is 2. The Bertz CT molecular complexity index is 92.9. The molecule has 0 saturated heterocycles. The van der Waals surface area contributed by atoms with Crippen molar-refractivity contribution in [2.75, 3.05) is 0 Å². The predicted octanol–water partition coefficient (Wildman–Crippen LogP) is 0.130. The van der Waals surface area contributed by atoms with Crippen LogP contribution in [0.3, 0.4) is 0 Å². The second-order valence-electron chi connectivity index (χ2n) is 1.30. The van der Waals surface area contributed by atoms with E-state index < -0.39 is 0 Å². The Morgan fingerprint density at radius 3 is 2.43 bits per heavy atom. The van der Waals surface area contributed by atoms with E-state index in [2.05, 4.69) is 35.6 Å². The molecule has 2 atom stereocenters. The molecule has 1 aliphatic heterocycles. The van der Waals surface area contributed by atoms with Gasteiger partial charge in [0.2, 0.25) is 0 Å². The third kappa shape index (κ3) is 1.04. The van der Waals surface area contributed by atoms with Crippen LogP contribution in [0, 0.1) is 0 Å². The van der Waals surface area contributed by atoms with Crippen LogP contribution in [0.5, 0.6) is 0 Å². The normalized spacial score (nSPS) is 38.6. The van der Waals surface area contributed by atoms with E-state index >= 15 is 0 Å². The molecule has 0 amide bonds. The summed E-state index contributed by atoms with van der Waals surface area (Å²) in [4.78, 5) is 3.87. The first-order chi connectivity index (χ1) is 3.30. The molecular weight excluding hydrogens is 128 g/mol. The lowest BCUT2D eigenvalue weighted by Crippen LogP contribution is -2.21. The highest BCUT2D eigenvalue weighted by Crippen LogP contribution is 2.09. The molecule has 1 heterocycles. The van der Waals surface area contributed by atoms with Crippen LogP contribution < -0.4 is 5.32 Å². The molecule has 0 aromatic rings. The number of aliphatic imine (C=N–C) groups is 1. The van der Waals surface area contributed by atoms with E-state index in [4.69, 9.17) is 0 Å². The van der Waals surface area contributed by atoms with Gasteiger partial charge < -0.3 is 5.32 Å². The molecule has 0 saturated carbocycles. The fourth-order valence-corrected chi connectivity index (χ4v) is 0.660. The van der Waals surface area contributed by atoms with Gasteiger partial charge in [0.05, 0.1) is 6.34 Å². The van der Waals surface area contributed by atoms with Crippen LogP contribution in [-0.2, 0) is 0 Å². The fourth-order valence-electron chi connectivity index (χ4n) is 0.363. The van der Waals surface area contributed by atoms with Crippen molar-refractivity contribution in [3.05, 3.63) is 0 Å². The van der Waals surface area contributed by atoms with E-state index in [1.165, 1.54) is 0 Å². The second kappa shape index (κ2) is 1.96. The second-order valence-corrected chi connectivity index (χ2v) is 2.39. The fraction of sp³-hybridized carbons (Fsp3) is 0.667. The number of hydrogen-bond acceptors (Lipinski definition) is 4. The molecule has 0 radical (unpaired) electrons. The van der Waals surface area contributed by atoms with Crippen LogP contribution in [-0.4, -0.2) is 17.1 Å². The van der Waals surface area contributed by atoms with Crippen molar-refractivity contribution in [3.8, 4) is 0 Å². The molecule has 0 aromatic heterocycles. The first-order valence-electron chi connectivity index (χ1n) is 1.94. The Labute approximate surface area is 53.2 Å². The van der Waals surface area contributed by atoms with Crippen molar-refractivity contribution in [2.45, 2.75) is 10.7 Å². The molecule has 40 valence electrons. The van der Waals surface area contributed by atoms with Crippen molar-refractivity contribution in [3.63, 3.8) is 0 Å². The lowest BCUT2D eigenvalue weighted by molar-refractivity contribution is 0.860. The Kier molecular flexibility index (Phi) is 1.49. The molecule has 1 aliphatic rings. The standard InChI is InChI=1S/C3H6N2S2/c6-2-3(7)5-1-4-2/h1-3,6-7H,(H,4,5). The molecule has 4 heteroatoms. The average Bonchev–Trinajstić information content (AvgIpc) is 1.91. The zero-order valence-corrected chi connectivity index (χ0v) is 5.36. The smallest absolute Gasteiger partial charge is 0.123 e. The Balaban J connectivity index is 2.45. The summed E-state index contributed by atoms with van der Waals surface area (Å²) >= 11 is 8.13. The summed E-state index contributed by atoms with van der Waals surface area (Å²) in [6, 6.07) is 0. The lowest BCUT2D eigenvalue weighted by atomic mass is 10.7. The maximum absolute atomic E-state index is 4.07. The van der Waals surface area contributed by atoms with Crippen LogP contribution in [0.4, 0.5) is 0 Å². The van der Waals surface area contributed by atoms with Crippen molar-refractivity contribution in [1.82, 2.24) is 5.32 Å². The van der Waals surface area contributed by atoms with E-state index in [-0.39, 0.29) is 10.7 Å². The van der Waals surface area contributed by atoms with E-state index in [1.807, 2.05) is 0 Å². The van der Waals surface area contributed by atoms with Gasteiger partial charge in [0.1, 0.15) is 10.7 Å². The molecule has 1 rings (SSSR count). The van der Waals surface area contributed by atoms with E-state index in [0.717, 1.165) is 0 Å². The van der Waals surface area contributed by atoms with Gasteiger partial charge in [-0.2, -0.15) is 12.6 Å². The van der Waals surface area contributed by atoms with Gasteiger partial charge in [-0.15, -0.1) is 12.6 Å². The van der Waals surface area contributed by atoms with Gasteiger partial charge in [-0.05, 0) is 0 Å². The van der Waals surface area contributed by atoms with Crippen LogP contribution in [0.2, 0.25) is 0 Å². The number of hydrogen-bond donors (Lipinski definition) is 3. The molecular formula is C3H6N2S2. The van der Waals surface area contributed by atoms with Crippen LogP contribution in [0.15, 0.2) is 4.99 Å². The lowest BCUT2D eigenvalue weighted by Gasteiger charge is -2.03. The van der Waals surface area contributed by atoms with Crippen LogP contribution in [0.1, 0.15) is 0 Å². The summed E-state index contributed by atoms with van der Waals surface area (Å²) in [5.74, 6) is 0. The van der Waals surface area contributed by atoms with Crippen LogP contribution >= 0.6 is 25.3 Å². The Morgan fingerprint density at radius 2 is 2.29 bits per heavy atom. The van der Waals surface area contributed by atoms with E-state index in [0.29, 0.717) is 0 Å². The first kappa shape index (κ1) is 5.31. The molecule has 0 fully saturated rings. The first-order valence-corrected chi connectivity index (χ1v) is 2.98. The molecule has 1 N–H and O–H groups in total. The van der Waals surface area contributed by atoms with E-state index in [1.54, 1.807) is 6.34 Å². The molecule has 0 aromatic carbocycles. The van der Waals surface area contributed by atoms with Crippen molar-refractivity contribution in [2.24, 2.45) is 4.99 Å². The number of rotatable bonds is 0. The molecule has 2 unspecified atom stereocenters. The molecule has 7 heavy (non-hydrogen) atoms. The van der Waals surface area contributed by atoms with Crippen molar-refractivity contribution in [1.29, 1.82) is 0 Å². The summed E-state index contributed by atoms with van der Waals surface area (Å²) in [5, 5.41) is 3.00. The number of nitrogens with one attached hydrogen (secondary N) is 1. The minimum atomic E-state index is 0.0309. The zero-order valence-electron chi connectivity index (χ0n) is 3.57. The van der Waals surface area contributed by atoms with Gasteiger partial charge in [0, 0.05) is 0 Å². The van der Waals surface area contributed by atoms with E-state index in [9.17, 15) is 0 Å². The highest BCUT2D eigenvalue weighted by Gasteiger charge is 2.13. The molecule has 0 bridgehead atoms. The maximum atomic E-state index is 4.07. The minimum Gasteiger partial charge on any atom is -0.362 e. The van der Waals surface area contributed by atoms with Gasteiger partial charge in [0.15, 0.2) is 0 Å². The monoisotopic (exact) mass is 134 g/mol. The number of nitrogens with zero attached hydrogens (tertiary/aromatic N) is 1. The summed E-state index contributed by atoms with van der Waals surface area (Å²) < 4.78 is 0. The highest BCUT2D eigenvalue weighted by molar-refractivity contribution is 7.85. The zero-order chi connectivity index (χ0) is 5.28. The molecule has 0 spiro atoms. The third-order valence-electron chi connectivity index (χ3n) is 0.755. The Hall–Kier alpha value is 0.170. The largest absolute Gasteiger partial charge is 0.362 e. The average molecular weight is 134 g/mol. The Morgan fingerprint density at radius 1 is 1.57 bits per heavy atom. The predicted molar refractivity (Wildman–Crippen MR) is 37.2 cm³/mol. The van der Waals surface area contributed by atoms with Gasteiger partial charge in [0.25, 0.3) is 0 Å². The topological polar surface area (TPSA) is 24.4 Å². The third-order valence-corrected chi connectivity index (χ3v) is 1.85. The SMILES string of the molecule is SC1N=CNC1S. The summed E-state index contributed by atoms with van der Waals surface area (Å²) in [7, 11) is 0. The summed E-state index contributed by atoms with van der Waals surface area (Å²) in [6.45, 7) is 0. The molecule has 0 aliphatic carbocycles. The van der Waals surface area contributed by atoms with Crippen molar-refractivity contribution >= 4 is 31.6 Å². The minimum absolute atomic E-state index is 0.0309. The van der Waals surface area contributed by atoms with Gasteiger partial charge in [-0.3, -0.25) is 4.99 Å². The maximum Gasteiger partial charge on any atom is 0.123 e. The van der Waals surface area contributed by atoms with Crippen LogP contribution in [0.25, 0.3) is 0 Å². The molecule has 2 nitrogen and oxygen atoms in total. The quantitative estimate of drug-likeness (QED) is 0.403. The van der Waals surface area contributed by atoms with Gasteiger partial charge in [-0.1, -0.05) is 0 Å². The summed E-state index contributed by atoms with van der Waals surface area (Å²) in [6.07, 6.45) is 1.62. The summed E-state index contributed by atoms with van der Waals surface area (Å²) in [5.41, 5.74) is 0. The highest BCUT2D eigenvalue weighted by atomic mass is 32.1. The van der Waals surface area contributed by atoms with Gasteiger partial charge >= 0.3 is 0 Å². The van der Waals surface area contributed by atoms with Crippen molar-refractivity contribution < 1.29 is 0 Å².